The van der Waals surface area contributed by atoms with Crippen molar-refractivity contribution >= 4 is 16.0 Å². The Hall–Kier alpha value is -2.18. The molecule has 5 nitrogen and oxygen atoms in total. The Kier molecular flexibility index (Phi) is 5.88. The predicted molar refractivity (Wildman–Crippen MR) is 102 cm³/mol. The average Bonchev–Trinajstić information content (AvgIpc) is 2.53. The predicted octanol–water partition coefficient (Wildman–Crippen LogP) is 3.24. The zero-order valence-electron chi connectivity index (χ0n) is 15.8. The van der Waals surface area contributed by atoms with E-state index in [2.05, 4.69) is 0 Å². The van der Waals surface area contributed by atoms with Crippen molar-refractivity contribution in [1.29, 1.82) is 0 Å². The molecule has 0 aliphatic carbocycles. The minimum atomic E-state index is -3.90. The Bertz CT molecular complexity index is 894. The van der Waals surface area contributed by atoms with Crippen molar-refractivity contribution in [1.82, 2.24) is 4.31 Å². The standard InChI is InChI=1S/C20H25NO4S/c1-13-6-8-17(9-7-13)26(24,25)21(5)19(20(22)23)12-18-15(3)10-14(2)11-16(18)4/h6-11,19H,12H2,1-5H3,(H,22,23)/t19-/m0/s1. The van der Waals surface area contributed by atoms with Gasteiger partial charge in [-0.1, -0.05) is 35.4 Å². The van der Waals surface area contributed by atoms with Crippen LogP contribution in [0.25, 0.3) is 0 Å². The van der Waals surface area contributed by atoms with E-state index in [1.54, 1.807) is 12.1 Å². The largest absolute Gasteiger partial charge is 0.480 e. The van der Waals surface area contributed by atoms with Crippen LogP contribution in [0, 0.1) is 27.7 Å². The van der Waals surface area contributed by atoms with E-state index in [0.717, 1.165) is 32.1 Å². The molecule has 0 aliphatic rings. The number of hydrogen-bond acceptors (Lipinski definition) is 3. The molecule has 0 aliphatic heterocycles. The van der Waals surface area contributed by atoms with Gasteiger partial charge in [0.05, 0.1) is 4.90 Å². The number of hydrogen-bond donors (Lipinski definition) is 1. The molecule has 0 radical (unpaired) electrons. The minimum absolute atomic E-state index is 0.0919. The Labute approximate surface area is 155 Å². The summed E-state index contributed by atoms with van der Waals surface area (Å²) in [6.45, 7) is 7.68. The molecule has 0 saturated heterocycles. The summed E-state index contributed by atoms with van der Waals surface area (Å²) >= 11 is 0. The van der Waals surface area contributed by atoms with Gasteiger partial charge in [0.1, 0.15) is 6.04 Å². The molecule has 26 heavy (non-hydrogen) atoms. The van der Waals surface area contributed by atoms with E-state index < -0.39 is 22.0 Å². The zero-order valence-corrected chi connectivity index (χ0v) is 16.6. The van der Waals surface area contributed by atoms with Crippen LogP contribution in [0.3, 0.4) is 0 Å². The van der Waals surface area contributed by atoms with Crippen LogP contribution in [0.5, 0.6) is 0 Å². The van der Waals surface area contributed by atoms with Gasteiger partial charge in [0.25, 0.3) is 0 Å². The number of carboxylic acids is 1. The second kappa shape index (κ2) is 7.60. The molecule has 0 fully saturated rings. The van der Waals surface area contributed by atoms with E-state index in [1.165, 1.54) is 19.2 Å². The summed E-state index contributed by atoms with van der Waals surface area (Å²) in [6.07, 6.45) is 0.120. The molecule has 2 aromatic carbocycles. The lowest BCUT2D eigenvalue weighted by atomic mass is 9.94. The quantitative estimate of drug-likeness (QED) is 0.841. The van der Waals surface area contributed by atoms with Crippen molar-refractivity contribution in [2.24, 2.45) is 0 Å². The van der Waals surface area contributed by atoms with E-state index in [-0.39, 0.29) is 11.3 Å². The molecular formula is C20H25NO4S. The van der Waals surface area contributed by atoms with Crippen molar-refractivity contribution in [2.45, 2.75) is 45.1 Å². The zero-order chi connectivity index (χ0) is 19.6. The number of likely N-dealkylation sites (N-methyl/N-ethyl adjacent to an activating group) is 1. The molecule has 0 saturated carbocycles. The van der Waals surface area contributed by atoms with Gasteiger partial charge in [0, 0.05) is 13.5 Å². The third-order valence-electron chi connectivity index (χ3n) is 4.66. The molecule has 6 heteroatoms. The number of carboxylic acid groups (broad SMARTS) is 1. The Morgan fingerprint density at radius 1 is 1.00 bits per heavy atom. The average molecular weight is 375 g/mol. The number of nitrogens with zero attached hydrogens (tertiary/aromatic N) is 1. The molecular weight excluding hydrogens is 350 g/mol. The highest BCUT2D eigenvalue weighted by molar-refractivity contribution is 7.89. The van der Waals surface area contributed by atoms with Crippen LogP contribution in [0.15, 0.2) is 41.3 Å². The summed E-state index contributed by atoms with van der Waals surface area (Å²) < 4.78 is 26.7. The molecule has 0 amide bonds. The number of aryl methyl sites for hydroxylation is 4. The first kappa shape index (κ1) is 20.1. The van der Waals surface area contributed by atoms with Crippen molar-refractivity contribution < 1.29 is 18.3 Å². The SMILES string of the molecule is Cc1ccc(S(=O)(=O)N(C)[C@@H](Cc2c(C)cc(C)cc2C)C(=O)O)cc1. The van der Waals surface area contributed by atoms with Crippen LogP contribution in [-0.2, 0) is 21.2 Å². The van der Waals surface area contributed by atoms with Gasteiger partial charge >= 0.3 is 5.97 Å². The van der Waals surface area contributed by atoms with Crippen LogP contribution >= 0.6 is 0 Å². The first-order chi connectivity index (χ1) is 12.0. The highest BCUT2D eigenvalue weighted by Gasteiger charge is 2.33. The fourth-order valence-corrected chi connectivity index (χ4v) is 4.45. The van der Waals surface area contributed by atoms with Crippen LogP contribution in [-0.4, -0.2) is 36.9 Å². The van der Waals surface area contributed by atoms with Gasteiger partial charge < -0.3 is 5.11 Å². The summed E-state index contributed by atoms with van der Waals surface area (Å²) in [6, 6.07) is 9.19. The molecule has 1 N–H and O–H groups in total. The maximum atomic E-state index is 12.9. The van der Waals surface area contributed by atoms with Crippen molar-refractivity contribution in [3.8, 4) is 0 Å². The van der Waals surface area contributed by atoms with Gasteiger partial charge in [-0.15, -0.1) is 0 Å². The van der Waals surface area contributed by atoms with Crippen LogP contribution in [0.2, 0.25) is 0 Å². The lowest BCUT2D eigenvalue weighted by Crippen LogP contribution is -2.44. The topological polar surface area (TPSA) is 74.7 Å². The van der Waals surface area contributed by atoms with Crippen molar-refractivity contribution in [2.75, 3.05) is 7.05 Å². The summed E-state index contributed by atoms with van der Waals surface area (Å²) in [5.41, 5.74) is 4.84. The number of benzene rings is 2. The van der Waals surface area contributed by atoms with Gasteiger partial charge in [-0.3, -0.25) is 4.79 Å². The monoisotopic (exact) mass is 375 g/mol. The van der Waals surface area contributed by atoms with E-state index in [4.69, 9.17) is 0 Å². The first-order valence-electron chi connectivity index (χ1n) is 8.38. The minimum Gasteiger partial charge on any atom is -0.480 e. The molecule has 0 bridgehead atoms. The second-order valence-corrected chi connectivity index (χ2v) is 8.77. The van der Waals surface area contributed by atoms with E-state index in [9.17, 15) is 18.3 Å². The fraction of sp³-hybridized carbons (Fsp3) is 0.350. The first-order valence-corrected chi connectivity index (χ1v) is 9.82. The molecule has 0 spiro atoms. The van der Waals surface area contributed by atoms with Gasteiger partial charge in [-0.25, -0.2) is 8.42 Å². The summed E-state index contributed by atoms with van der Waals surface area (Å²) in [7, 11) is -2.58. The van der Waals surface area contributed by atoms with Crippen molar-refractivity contribution in [3.63, 3.8) is 0 Å². The maximum absolute atomic E-state index is 12.9. The van der Waals surface area contributed by atoms with Gasteiger partial charge in [0.2, 0.25) is 10.0 Å². The Morgan fingerprint density at radius 2 is 1.50 bits per heavy atom. The maximum Gasteiger partial charge on any atom is 0.322 e. The lowest BCUT2D eigenvalue weighted by Gasteiger charge is -2.26. The second-order valence-electron chi connectivity index (χ2n) is 6.77. The van der Waals surface area contributed by atoms with E-state index in [0.29, 0.717) is 0 Å². The molecule has 0 aromatic heterocycles. The van der Waals surface area contributed by atoms with Crippen LogP contribution in [0.1, 0.15) is 27.8 Å². The van der Waals surface area contributed by atoms with E-state index in [1.807, 2.05) is 39.8 Å². The number of sulfonamides is 1. The molecule has 140 valence electrons. The molecule has 2 aromatic rings. The number of carbonyl (C=O) groups is 1. The fourth-order valence-electron chi connectivity index (χ4n) is 3.14. The van der Waals surface area contributed by atoms with Crippen LogP contribution in [0.4, 0.5) is 0 Å². The van der Waals surface area contributed by atoms with E-state index >= 15 is 0 Å². The molecule has 0 unspecified atom stereocenters. The third-order valence-corrected chi connectivity index (χ3v) is 6.54. The highest BCUT2D eigenvalue weighted by Crippen LogP contribution is 2.23. The Balaban J connectivity index is 2.41. The number of rotatable bonds is 6. The summed E-state index contributed by atoms with van der Waals surface area (Å²) in [4.78, 5) is 12.0. The highest BCUT2D eigenvalue weighted by atomic mass is 32.2. The van der Waals surface area contributed by atoms with Gasteiger partial charge in [0.15, 0.2) is 0 Å². The smallest absolute Gasteiger partial charge is 0.322 e. The Morgan fingerprint density at radius 3 is 1.96 bits per heavy atom. The van der Waals surface area contributed by atoms with Gasteiger partial charge in [-0.2, -0.15) is 4.31 Å². The summed E-state index contributed by atoms with van der Waals surface area (Å²) in [5.74, 6) is -1.16. The summed E-state index contributed by atoms with van der Waals surface area (Å²) in [5, 5.41) is 9.69. The van der Waals surface area contributed by atoms with Gasteiger partial charge in [-0.05, 0) is 56.5 Å². The van der Waals surface area contributed by atoms with Crippen LogP contribution < -0.4 is 0 Å². The lowest BCUT2D eigenvalue weighted by molar-refractivity contribution is -0.141. The molecule has 0 heterocycles. The molecule has 2 rings (SSSR count). The normalized spacial score (nSPS) is 13.0. The van der Waals surface area contributed by atoms with Crippen molar-refractivity contribution in [3.05, 3.63) is 64.2 Å². The number of aliphatic carboxylic acids is 1. The molecule has 1 atom stereocenters. The third kappa shape index (κ3) is 4.14.